The van der Waals surface area contributed by atoms with E-state index in [1.165, 1.54) is 77.3 Å². The van der Waals surface area contributed by atoms with E-state index in [1.54, 1.807) is 11.1 Å². The smallest absolute Gasteiger partial charge is 0.0579 e. The molecule has 0 aromatic heterocycles. The monoisotopic (exact) mass is 878 g/mol. The summed E-state index contributed by atoms with van der Waals surface area (Å²) in [7, 11) is -4.15. The van der Waals surface area contributed by atoms with E-state index in [9.17, 15) is 0 Å². The molecule has 2 nitrogen and oxygen atoms in total. The minimum atomic E-state index is -2.07. The third-order valence-electron chi connectivity index (χ3n) is 14.4. The number of rotatable bonds is 10. The fourth-order valence-corrected chi connectivity index (χ4v) is 24.9. The average molecular weight is 879 g/mol. The Balaban J connectivity index is 1.23. The van der Waals surface area contributed by atoms with Gasteiger partial charge in [-0.25, -0.2) is 0 Å². The second-order valence-electron chi connectivity index (χ2n) is 21.0. The topological polar surface area (TPSA) is 6.48 Å². The predicted molar refractivity (Wildman–Crippen MR) is 289 cm³/mol. The molecule has 0 aliphatic heterocycles. The first-order chi connectivity index (χ1) is 31.2. The van der Waals surface area contributed by atoms with E-state index >= 15 is 0 Å². The highest BCUT2D eigenvalue weighted by Gasteiger charge is 2.60. The molecule has 0 bridgehead atoms. The fourth-order valence-electron chi connectivity index (χ4n) is 11.8. The summed E-state index contributed by atoms with van der Waals surface area (Å²) in [5.74, 6) is 0.952. The van der Waals surface area contributed by atoms with E-state index in [0.717, 1.165) is 11.4 Å². The fraction of sp³-hybridized carbons (Fsp3) is 0.213. The standard InChI is InChI=1S/C61H62N2Si2/c1-41(2)43-25-30-49(31-26-43)62(47-19-13-11-14-20-47)51-34-29-45-38-57-58(39-46(45)37-51)61(64(5,6)7,65(8,9)10)60-55-36-35-52(40-56(55)53-23-17-18-24-54(53)59(57)60)63(48-21-15-12-16-22-48)50-32-27-44(28-33-50)42(3)4/h11-42H,1-10H3. The van der Waals surface area contributed by atoms with Crippen LogP contribution in [0.3, 0.4) is 0 Å². The molecule has 0 fully saturated rings. The molecule has 4 heteroatoms. The first-order valence-electron chi connectivity index (χ1n) is 23.7. The molecule has 10 rings (SSSR count). The lowest BCUT2D eigenvalue weighted by atomic mass is 9.90. The maximum absolute atomic E-state index is 2.65. The van der Waals surface area contributed by atoms with Crippen molar-refractivity contribution in [3.05, 3.63) is 204 Å². The summed E-state index contributed by atoms with van der Waals surface area (Å²) in [5, 5.41) is 7.99. The Morgan fingerprint density at radius 1 is 0.369 bits per heavy atom. The van der Waals surface area contributed by atoms with E-state index < -0.39 is 16.1 Å². The molecular formula is C61H62N2Si2. The normalized spacial score (nSPS) is 13.5. The highest BCUT2D eigenvalue weighted by Crippen LogP contribution is 2.62. The Morgan fingerprint density at radius 3 is 1.32 bits per heavy atom. The lowest BCUT2D eigenvalue weighted by Gasteiger charge is -2.51. The molecule has 1 aliphatic rings. The molecule has 0 N–H and O–H groups in total. The summed E-state index contributed by atoms with van der Waals surface area (Å²) < 4.78 is -0.0732. The van der Waals surface area contributed by atoms with Crippen LogP contribution in [-0.4, -0.2) is 16.1 Å². The second-order valence-corrected chi connectivity index (χ2v) is 32.0. The highest BCUT2D eigenvalue weighted by atomic mass is 28.4. The molecule has 0 radical (unpaired) electrons. The SMILES string of the molecule is CC(C)c1ccc(N(c2ccccc2)c2ccc3cc4c(cc3c2)C([Si](C)(C)C)([Si](C)(C)C)c2c-4c3ccccc3c3cc(N(c4ccccc4)c4ccc(C(C)C)cc4)ccc23)cc1. The van der Waals surface area contributed by atoms with Gasteiger partial charge in [-0.3, -0.25) is 0 Å². The molecule has 0 amide bonds. The summed E-state index contributed by atoms with van der Waals surface area (Å²) >= 11 is 0. The van der Waals surface area contributed by atoms with E-state index in [-0.39, 0.29) is 4.66 Å². The molecule has 0 atom stereocenters. The summed E-state index contributed by atoms with van der Waals surface area (Å²) in [4.78, 5) is 4.86. The van der Waals surface area contributed by atoms with Crippen LogP contribution >= 0.6 is 0 Å². The van der Waals surface area contributed by atoms with Gasteiger partial charge in [0.25, 0.3) is 0 Å². The molecule has 9 aromatic carbocycles. The Kier molecular flexibility index (Phi) is 10.5. The van der Waals surface area contributed by atoms with Crippen molar-refractivity contribution in [2.75, 3.05) is 9.80 Å². The average Bonchev–Trinajstić information content (AvgIpc) is 3.62. The molecule has 65 heavy (non-hydrogen) atoms. The van der Waals surface area contributed by atoms with Crippen molar-refractivity contribution in [1.82, 2.24) is 0 Å². The largest absolute Gasteiger partial charge is 0.310 e. The van der Waals surface area contributed by atoms with Crippen LogP contribution in [0.1, 0.15) is 61.8 Å². The van der Waals surface area contributed by atoms with Crippen molar-refractivity contribution >= 4 is 82.6 Å². The molecule has 0 heterocycles. The Labute approximate surface area is 389 Å². The van der Waals surface area contributed by atoms with Gasteiger partial charge in [0.1, 0.15) is 0 Å². The summed E-state index contributed by atoms with van der Waals surface area (Å²) in [6.07, 6.45) is 0. The summed E-state index contributed by atoms with van der Waals surface area (Å²) in [6, 6.07) is 69.1. The maximum atomic E-state index is 2.65. The van der Waals surface area contributed by atoms with Gasteiger partial charge in [0.2, 0.25) is 0 Å². The number of nitrogens with zero attached hydrogens (tertiary/aromatic N) is 2. The molecule has 0 saturated heterocycles. The summed E-state index contributed by atoms with van der Waals surface area (Å²) in [6.45, 7) is 25.0. The van der Waals surface area contributed by atoms with Crippen LogP contribution in [0.5, 0.6) is 0 Å². The molecule has 1 aliphatic carbocycles. The van der Waals surface area contributed by atoms with Gasteiger partial charge in [-0.15, -0.1) is 0 Å². The highest BCUT2D eigenvalue weighted by molar-refractivity contribution is 7.00. The van der Waals surface area contributed by atoms with Crippen molar-refractivity contribution < 1.29 is 0 Å². The number of hydrogen-bond acceptors (Lipinski definition) is 2. The van der Waals surface area contributed by atoms with Crippen LogP contribution in [0, 0.1) is 0 Å². The molecule has 9 aromatic rings. The molecule has 0 spiro atoms. The Bertz CT molecular complexity index is 3200. The van der Waals surface area contributed by atoms with Crippen molar-refractivity contribution in [2.24, 2.45) is 0 Å². The first-order valence-corrected chi connectivity index (χ1v) is 30.7. The number of anilines is 6. The van der Waals surface area contributed by atoms with E-state index in [2.05, 4.69) is 259 Å². The molecule has 324 valence electrons. The van der Waals surface area contributed by atoms with Crippen molar-refractivity contribution in [3.8, 4) is 11.1 Å². The van der Waals surface area contributed by atoms with Crippen LogP contribution < -0.4 is 9.80 Å². The van der Waals surface area contributed by atoms with E-state index in [4.69, 9.17) is 0 Å². The quantitative estimate of drug-likeness (QED) is 0.0997. The third-order valence-corrected chi connectivity index (χ3v) is 24.5. The number of fused-ring (bicyclic) bond motifs is 9. The van der Waals surface area contributed by atoms with Crippen molar-refractivity contribution in [3.63, 3.8) is 0 Å². The van der Waals surface area contributed by atoms with Crippen LogP contribution in [0.4, 0.5) is 34.1 Å². The van der Waals surface area contributed by atoms with Crippen LogP contribution in [0.2, 0.25) is 39.3 Å². The molecule has 0 unspecified atom stereocenters. The van der Waals surface area contributed by atoms with Crippen LogP contribution in [0.25, 0.3) is 43.4 Å². The molecular weight excluding hydrogens is 817 g/mol. The van der Waals surface area contributed by atoms with Crippen molar-refractivity contribution in [2.45, 2.75) is 83.5 Å². The predicted octanol–water partition coefficient (Wildman–Crippen LogP) is 18.4. The van der Waals surface area contributed by atoms with Crippen LogP contribution in [-0.2, 0) is 4.66 Å². The summed E-state index contributed by atoms with van der Waals surface area (Å²) in [5.41, 5.74) is 15.7. The van der Waals surface area contributed by atoms with Gasteiger partial charge in [0, 0.05) is 38.8 Å². The van der Waals surface area contributed by atoms with Gasteiger partial charge in [-0.2, -0.15) is 0 Å². The Hall–Kier alpha value is -6.21. The number of hydrogen-bond donors (Lipinski definition) is 0. The number of para-hydroxylation sites is 2. The van der Waals surface area contributed by atoms with Gasteiger partial charge in [-0.1, -0.05) is 170 Å². The second kappa shape index (κ2) is 16.0. The lowest BCUT2D eigenvalue weighted by molar-refractivity contribution is 0.866. The van der Waals surface area contributed by atoms with E-state index in [0.29, 0.717) is 11.8 Å². The zero-order valence-corrected chi connectivity index (χ0v) is 41.9. The van der Waals surface area contributed by atoms with E-state index in [1.807, 2.05) is 0 Å². The van der Waals surface area contributed by atoms with Gasteiger partial charge in [0.05, 0.1) is 16.1 Å². The zero-order chi connectivity index (χ0) is 45.4. The number of benzene rings is 9. The minimum absolute atomic E-state index is 0.0732. The van der Waals surface area contributed by atoms with Gasteiger partial charge in [0.15, 0.2) is 0 Å². The third kappa shape index (κ3) is 6.96. The van der Waals surface area contributed by atoms with Crippen LogP contribution in [0.15, 0.2) is 182 Å². The molecule has 0 saturated carbocycles. The van der Waals surface area contributed by atoms with Gasteiger partial charge >= 0.3 is 0 Å². The maximum Gasteiger partial charge on any atom is 0.0579 e. The van der Waals surface area contributed by atoms with Crippen molar-refractivity contribution in [1.29, 1.82) is 0 Å². The lowest BCUT2D eigenvalue weighted by Crippen LogP contribution is -2.63. The minimum Gasteiger partial charge on any atom is -0.310 e. The van der Waals surface area contributed by atoms with Gasteiger partial charge in [-0.05, 0) is 156 Å². The Morgan fingerprint density at radius 2 is 0.815 bits per heavy atom. The first kappa shape index (κ1) is 42.7. The van der Waals surface area contributed by atoms with Gasteiger partial charge < -0.3 is 9.80 Å². The zero-order valence-electron chi connectivity index (χ0n) is 39.9.